The number of rotatable bonds is 3. The highest BCUT2D eigenvalue weighted by Gasteiger charge is 2.28. The van der Waals surface area contributed by atoms with E-state index in [0.29, 0.717) is 9.81 Å². The minimum Gasteiger partial charge on any atom is -0.507 e. The smallest absolute Gasteiger partial charge is 0.226 e. The lowest BCUT2D eigenvalue weighted by atomic mass is 10.2. The third-order valence-corrected chi connectivity index (χ3v) is 5.33. The van der Waals surface area contributed by atoms with Crippen LogP contribution >= 0.6 is 11.6 Å². The van der Waals surface area contributed by atoms with Gasteiger partial charge in [0.15, 0.2) is 5.82 Å². The minimum atomic E-state index is -2.98. The molecule has 2 aromatic heterocycles. The van der Waals surface area contributed by atoms with E-state index in [4.69, 9.17) is 16.0 Å². The van der Waals surface area contributed by atoms with E-state index in [0.717, 1.165) is 6.08 Å². The fourth-order valence-electron chi connectivity index (χ4n) is 2.01. The van der Waals surface area contributed by atoms with Crippen molar-refractivity contribution in [3.8, 4) is 0 Å². The average Bonchev–Trinajstić information content (AvgIpc) is 3.34. The predicted octanol–water partition coefficient (Wildman–Crippen LogP) is 2.59. The normalized spacial score (nSPS) is 16.9. The Bertz CT molecular complexity index is 1010. The van der Waals surface area contributed by atoms with Gasteiger partial charge < -0.3 is 9.52 Å². The molecule has 2 aromatic rings. The molecular formula is C15H10ClN3O5S. The van der Waals surface area contributed by atoms with Gasteiger partial charge >= 0.3 is 0 Å². The minimum absolute atomic E-state index is 0.0131. The van der Waals surface area contributed by atoms with Crippen LogP contribution in [-0.4, -0.2) is 34.5 Å². The number of aliphatic hydroxyl groups is 1. The molecule has 0 spiro atoms. The molecule has 25 heavy (non-hydrogen) atoms. The van der Waals surface area contributed by atoms with Crippen molar-refractivity contribution in [2.24, 2.45) is 0 Å². The van der Waals surface area contributed by atoms with Gasteiger partial charge in [-0.2, -0.15) is 5.10 Å². The molecule has 0 saturated carbocycles. The summed E-state index contributed by atoms with van der Waals surface area (Å²) in [5.74, 6) is -0.765. The first kappa shape index (κ1) is 16.9. The highest BCUT2D eigenvalue weighted by atomic mass is 35.5. The third-order valence-electron chi connectivity index (χ3n) is 3.25. The van der Waals surface area contributed by atoms with Gasteiger partial charge in [0.2, 0.25) is 20.8 Å². The first-order valence-corrected chi connectivity index (χ1v) is 8.64. The maximum absolute atomic E-state index is 11.5. The molecule has 2 aliphatic rings. The molecule has 0 amide bonds. The number of hydrogen-bond acceptors (Lipinski definition) is 7. The average molecular weight is 380 g/mol. The van der Waals surface area contributed by atoms with Crippen molar-refractivity contribution in [3.63, 3.8) is 0 Å². The number of aromatic nitrogens is 3. The molecule has 0 atom stereocenters. The molecule has 0 aliphatic carbocycles. The van der Waals surface area contributed by atoms with E-state index in [1.807, 2.05) is 0 Å². The van der Waals surface area contributed by atoms with E-state index in [2.05, 4.69) is 15.2 Å². The lowest BCUT2D eigenvalue weighted by Crippen LogP contribution is -1.99. The first-order valence-electron chi connectivity index (χ1n) is 6.78. The maximum Gasteiger partial charge on any atom is 0.226 e. The van der Waals surface area contributed by atoms with Crippen LogP contribution in [0.2, 0.25) is 5.22 Å². The summed E-state index contributed by atoms with van der Waals surface area (Å²) in [7, 11) is -2.98. The van der Waals surface area contributed by atoms with Crippen molar-refractivity contribution >= 4 is 33.0 Å². The van der Waals surface area contributed by atoms with Crippen LogP contribution in [0, 0.1) is 0 Å². The zero-order valence-electron chi connectivity index (χ0n) is 12.4. The molecule has 2 N–H and O–H groups in total. The molecule has 0 unspecified atom stereocenters. The second-order valence-electron chi connectivity index (χ2n) is 4.81. The number of hydrogen-bond donors (Lipinski definition) is 2. The molecule has 128 valence electrons. The van der Waals surface area contributed by atoms with Gasteiger partial charge in [0.1, 0.15) is 12.1 Å². The van der Waals surface area contributed by atoms with Gasteiger partial charge in [-0.1, -0.05) is 0 Å². The predicted molar refractivity (Wildman–Crippen MR) is 89.3 cm³/mol. The van der Waals surface area contributed by atoms with Gasteiger partial charge in [0.05, 0.1) is 21.6 Å². The van der Waals surface area contributed by atoms with Crippen LogP contribution in [0.4, 0.5) is 0 Å². The number of aliphatic hydroxyl groups excluding tert-OH is 1. The largest absolute Gasteiger partial charge is 0.507 e. The van der Waals surface area contributed by atoms with Gasteiger partial charge in [0, 0.05) is 6.08 Å². The molecule has 0 radical (unpaired) electrons. The second-order valence-corrected chi connectivity index (χ2v) is 7.10. The fraction of sp³-hybridized carbons (Fsp3) is 0. The zero-order valence-corrected chi connectivity index (χ0v) is 14.0. The zero-order chi connectivity index (χ0) is 18.0. The van der Waals surface area contributed by atoms with Gasteiger partial charge in [-0.3, -0.25) is 9.89 Å². The number of ketones is 1. The van der Waals surface area contributed by atoms with Crippen molar-refractivity contribution in [3.05, 3.63) is 75.5 Å². The maximum atomic E-state index is 11.5. The summed E-state index contributed by atoms with van der Waals surface area (Å²) in [5, 5.41) is 15.5. The van der Waals surface area contributed by atoms with Crippen LogP contribution in [-0.2, 0) is 9.84 Å². The van der Waals surface area contributed by atoms with E-state index >= 15 is 0 Å². The number of nitrogens with zero attached hydrogens (tertiary/aromatic N) is 2. The van der Waals surface area contributed by atoms with E-state index in [1.165, 1.54) is 18.7 Å². The molecule has 4 heterocycles. The standard InChI is InChI=1S/C9H6ClN3O3.C6H4O2S/c10-8-5(1-2-16-8)6(14)3-7(15)9-11-4-12-13-9;7-9(8)5-1-2-6(9)4-3-5/h1-4,14H,(H,11,12,13);1-4H. The third kappa shape index (κ3) is 3.32. The quantitative estimate of drug-likeness (QED) is 0.476. The van der Waals surface area contributed by atoms with E-state index < -0.39 is 15.6 Å². The number of nitrogens with one attached hydrogen (secondary N) is 1. The second kappa shape index (κ2) is 6.54. The number of aromatic amines is 1. The molecule has 2 aliphatic heterocycles. The Labute approximate surface area is 146 Å². The van der Waals surface area contributed by atoms with Gasteiger partial charge in [0.25, 0.3) is 0 Å². The molecule has 0 fully saturated rings. The fourth-order valence-corrected chi connectivity index (χ4v) is 3.48. The van der Waals surface area contributed by atoms with Crippen LogP contribution in [0.1, 0.15) is 16.2 Å². The number of carbonyl (C=O) groups is 1. The molecular weight excluding hydrogens is 370 g/mol. The molecule has 0 saturated heterocycles. The van der Waals surface area contributed by atoms with Crippen molar-refractivity contribution in [2.45, 2.75) is 0 Å². The summed E-state index contributed by atoms with van der Waals surface area (Å²) >= 11 is 5.63. The van der Waals surface area contributed by atoms with Gasteiger partial charge in [-0.25, -0.2) is 13.4 Å². The topological polar surface area (TPSA) is 126 Å². The Balaban J connectivity index is 0.000000170. The Hall–Kier alpha value is -2.91. The molecule has 10 heteroatoms. The lowest BCUT2D eigenvalue weighted by molar-refractivity contribution is 0.103. The van der Waals surface area contributed by atoms with Gasteiger partial charge in [-0.15, -0.1) is 0 Å². The van der Waals surface area contributed by atoms with Crippen molar-refractivity contribution in [1.82, 2.24) is 15.2 Å². The number of fused-ring (bicyclic) bond motifs is 2. The molecule has 4 rings (SSSR count). The number of furan rings is 1. The van der Waals surface area contributed by atoms with Crippen molar-refractivity contribution < 1.29 is 22.7 Å². The molecule has 8 nitrogen and oxygen atoms in total. The van der Waals surface area contributed by atoms with Gasteiger partial charge in [-0.05, 0) is 42.0 Å². The highest BCUT2D eigenvalue weighted by Crippen LogP contribution is 2.32. The van der Waals surface area contributed by atoms with Crippen LogP contribution in [0.15, 0.2) is 63.3 Å². The highest BCUT2D eigenvalue weighted by molar-refractivity contribution is 8.00. The summed E-state index contributed by atoms with van der Waals surface area (Å²) in [4.78, 5) is 16.0. The Kier molecular flexibility index (Phi) is 4.43. The number of allylic oxidation sites excluding steroid dienone is 5. The summed E-state index contributed by atoms with van der Waals surface area (Å²) < 4.78 is 26.7. The lowest BCUT2D eigenvalue weighted by Gasteiger charge is -1.95. The number of carbonyl (C=O) groups excluding carboxylic acids is 1. The summed E-state index contributed by atoms with van der Waals surface area (Å²) in [6.45, 7) is 0. The molecule has 0 aromatic carbocycles. The number of sulfone groups is 1. The van der Waals surface area contributed by atoms with Crippen LogP contribution < -0.4 is 0 Å². The van der Waals surface area contributed by atoms with Crippen molar-refractivity contribution in [1.29, 1.82) is 0 Å². The van der Waals surface area contributed by atoms with E-state index in [9.17, 15) is 18.3 Å². The summed E-state index contributed by atoms with van der Waals surface area (Å²) in [6, 6.07) is 1.45. The Morgan fingerprint density at radius 1 is 1.28 bits per heavy atom. The Morgan fingerprint density at radius 2 is 1.96 bits per heavy atom. The van der Waals surface area contributed by atoms with Crippen molar-refractivity contribution in [2.75, 3.05) is 0 Å². The van der Waals surface area contributed by atoms with Crippen LogP contribution in [0.5, 0.6) is 0 Å². The monoisotopic (exact) mass is 379 g/mol. The first-order chi connectivity index (χ1) is 11.9. The Morgan fingerprint density at radius 3 is 2.36 bits per heavy atom. The number of halogens is 1. The summed E-state index contributed by atoms with van der Waals surface area (Å²) in [6.07, 6.45) is 9.95. The number of H-pyrrole nitrogens is 1. The van der Waals surface area contributed by atoms with E-state index in [1.54, 1.807) is 24.3 Å². The molecule has 2 bridgehead atoms. The SMILES string of the molecule is O=C(C=C(O)c1ccoc1Cl)c1ncn[nH]1.O=S1(=O)C2=CC=C1C=C2. The van der Waals surface area contributed by atoms with Crippen LogP contribution in [0.25, 0.3) is 5.76 Å². The van der Waals surface area contributed by atoms with E-state index in [-0.39, 0.29) is 22.4 Å². The van der Waals surface area contributed by atoms with Crippen LogP contribution in [0.3, 0.4) is 0 Å². The summed E-state index contributed by atoms with van der Waals surface area (Å²) in [5.41, 5.74) is 0.245.